The van der Waals surface area contributed by atoms with E-state index in [-0.39, 0.29) is 36.0 Å². The summed E-state index contributed by atoms with van der Waals surface area (Å²) < 4.78 is 16.6. The summed E-state index contributed by atoms with van der Waals surface area (Å²) >= 11 is -1.91. The molecule has 2 aliphatic heterocycles. The fourth-order valence-electron chi connectivity index (χ4n) is 3.51. The van der Waals surface area contributed by atoms with Crippen molar-refractivity contribution in [3.05, 3.63) is 30.3 Å². The maximum atomic E-state index is 12.9. The Hall–Kier alpha value is -1.79. The quantitative estimate of drug-likeness (QED) is 0.189. The van der Waals surface area contributed by atoms with Gasteiger partial charge in [0.2, 0.25) is 17.4 Å². The molecule has 0 radical (unpaired) electrons. The summed E-state index contributed by atoms with van der Waals surface area (Å²) in [5.74, 6) is -3.00. The van der Waals surface area contributed by atoms with Crippen LogP contribution >= 0.6 is 0 Å². The van der Waals surface area contributed by atoms with Crippen LogP contribution < -0.4 is 50.0 Å². The summed E-state index contributed by atoms with van der Waals surface area (Å²) in [5.41, 5.74) is -2.35. The number of hydrogen-bond acceptors (Lipinski definition) is 7. The van der Waals surface area contributed by atoms with Crippen LogP contribution in [0.2, 0.25) is 0 Å². The number of hydrogen-bond donors (Lipinski definition) is 2. The molecule has 2 heterocycles. The molecule has 0 aliphatic carbocycles. The van der Waals surface area contributed by atoms with Crippen LogP contribution in [0.3, 0.4) is 0 Å². The van der Waals surface area contributed by atoms with Crippen molar-refractivity contribution in [1.29, 1.82) is 0 Å². The molecule has 4 atom stereocenters. The van der Waals surface area contributed by atoms with Gasteiger partial charge < -0.3 is 29.8 Å². The van der Waals surface area contributed by atoms with E-state index in [4.69, 9.17) is 4.74 Å². The van der Waals surface area contributed by atoms with Gasteiger partial charge in [-0.1, -0.05) is 18.2 Å². The summed E-state index contributed by atoms with van der Waals surface area (Å²) in [6, 6.07) is 7.25. The Bertz CT molecular complexity index is 825. The van der Waals surface area contributed by atoms with E-state index in [0.29, 0.717) is 5.75 Å². The van der Waals surface area contributed by atoms with Crippen LogP contribution in [0.15, 0.2) is 30.3 Å². The number of aliphatic carboxylic acids is 1. The second-order valence-corrected chi connectivity index (χ2v) is 8.91. The zero-order valence-corrected chi connectivity index (χ0v) is 18.9. The fourth-order valence-corrected chi connectivity index (χ4v) is 5.54. The number of nitrogens with zero attached hydrogens (tertiary/aromatic N) is 1. The molecule has 3 amide bonds. The molecule has 0 bridgehead atoms. The van der Waals surface area contributed by atoms with E-state index in [1.54, 1.807) is 30.3 Å². The molecule has 1 unspecified atom stereocenters. The summed E-state index contributed by atoms with van der Waals surface area (Å²) in [7, 11) is 0. The first-order valence-corrected chi connectivity index (χ1v) is 9.53. The Morgan fingerprint density at radius 2 is 1.93 bits per heavy atom. The van der Waals surface area contributed by atoms with Gasteiger partial charge in [0.15, 0.2) is 17.4 Å². The number of carboxylic acid groups (broad SMARTS) is 1. The fraction of sp³-hybridized carbons (Fsp3) is 0.412. The van der Waals surface area contributed by atoms with Crippen LogP contribution in [0.5, 0.6) is 5.75 Å². The molecule has 1 aromatic rings. The van der Waals surface area contributed by atoms with Crippen LogP contribution in [0, 0.1) is 0 Å². The van der Waals surface area contributed by atoms with E-state index in [2.05, 4.69) is 10.6 Å². The van der Waals surface area contributed by atoms with E-state index in [0.717, 1.165) is 4.90 Å². The standard InChI is InChI=1S/C17H19N3O7S.Na/c1-16(2)17(15(24)25,19-11(22)8-27-10-6-4-3-5-7-10)20-13(23)12(18-9-21)14(20)28(16)26;/h3-7,9,12,14H,8H2,1-2H3,(H,18,21)(H,19,22)(H,24,25);/q;+1/p-1/t12-,14+,17-,28?;/m0./s1. The molecule has 2 fully saturated rings. The van der Waals surface area contributed by atoms with Gasteiger partial charge in [-0.05, 0) is 37.2 Å². The topological polar surface area (TPSA) is 151 Å². The number of carbonyl (C=O) groups excluding carboxylic acids is 4. The number of carboxylic acids is 1. The van der Waals surface area contributed by atoms with Gasteiger partial charge in [-0.25, -0.2) is 0 Å². The smallest absolute Gasteiger partial charge is 0.614 e. The molecule has 2 saturated heterocycles. The number of carbonyl (C=O) groups is 4. The SMILES string of the molecule is CC1(C)[S+]([O-])[C@@H]2[C@@H](NC=O)C(=O)N2[C@@]1(NC(=O)COc1ccccc1)C(=O)[O-].[Na+]. The average Bonchev–Trinajstić information content (AvgIpc) is 2.81. The normalized spacial score (nSPS) is 29.0. The molecule has 3 rings (SSSR count). The van der Waals surface area contributed by atoms with E-state index < -0.39 is 57.4 Å². The van der Waals surface area contributed by atoms with Gasteiger partial charge in [0, 0.05) is 0 Å². The molecule has 0 spiro atoms. The second-order valence-electron chi connectivity index (χ2n) is 6.82. The van der Waals surface area contributed by atoms with Crippen LogP contribution in [-0.4, -0.2) is 62.1 Å². The van der Waals surface area contributed by atoms with Gasteiger partial charge in [0.05, 0.1) is 5.97 Å². The number of β-lactam (4-membered cyclic amide) rings is 1. The number of para-hydroxylation sites is 1. The van der Waals surface area contributed by atoms with Crippen LogP contribution in [-0.2, 0) is 30.4 Å². The van der Waals surface area contributed by atoms with E-state index in [9.17, 15) is 28.8 Å². The van der Waals surface area contributed by atoms with Gasteiger partial charge in [0.25, 0.3) is 11.8 Å². The molecule has 29 heavy (non-hydrogen) atoms. The maximum Gasteiger partial charge on any atom is 1.00 e. The molecular formula is C17H18N3NaO7S. The molecule has 150 valence electrons. The summed E-state index contributed by atoms with van der Waals surface area (Å²) in [6.45, 7) is 2.17. The van der Waals surface area contributed by atoms with Crippen molar-refractivity contribution in [1.82, 2.24) is 15.5 Å². The molecule has 2 aliphatic rings. The van der Waals surface area contributed by atoms with Gasteiger partial charge >= 0.3 is 29.6 Å². The summed E-state index contributed by atoms with van der Waals surface area (Å²) in [5, 5.41) is 15.5. The van der Waals surface area contributed by atoms with Crippen LogP contribution in [0.25, 0.3) is 0 Å². The minimum Gasteiger partial charge on any atom is -0.614 e. The number of ether oxygens (including phenoxy) is 1. The Kier molecular flexibility index (Phi) is 6.90. The Morgan fingerprint density at radius 1 is 1.31 bits per heavy atom. The zero-order valence-electron chi connectivity index (χ0n) is 16.0. The van der Waals surface area contributed by atoms with Crippen molar-refractivity contribution >= 4 is 35.4 Å². The molecule has 12 heteroatoms. The molecule has 10 nitrogen and oxygen atoms in total. The molecule has 0 saturated carbocycles. The molecule has 1 aromatic carbocycles. The minimum atomic E-state index is -2.35. The average molecular weight is 431 g/mol. The van der Waals surface area contributed by atoms with E-state index in [1.807, 2.05) is 0 Å². The third-order valence-corrected chi connectivity index (χ3v) is 7.20. The second kappa shape index (κ2) is 8.52. The predicted octanol–water partition coefficient (Wildman–Crippen LogP) is -5.54. The Balaban J connectivity index is 0.00000300. The molecule has 2 N–H and O–H groups in total. The van der Waals surface area contributed by atoms with Gasteiger partial charge in [-0.15, -0.1) is 0 Å². The zero-order chi connectivity index (χ0) is 20.7. The van der Waals surface area contributed by atoms with Crippen molar-refractivity contribution in [3.63, 3.8) is 0 Å². The Labute approximate surface area is 191 Å². The van der Waals surface area contributed by atoms with Crippen LogP contribution in [0.4, 0.5) is 0 Å². The van der Waals surface area contributed by atoms with Gasteiger partial charge in [-0.2, -0.15) is 0 Å². The first kappa shape index (κ1) is 23.5. The third-order valence-electron chi connectivity index (χ3n) is 4.97. The number of fused-ring (bicyclic) bond motifs is 1. The number of amides is 3. The molecular weight excluding hydrogens is 413 g/mol. The monoisotopic (exact) mass is 431 g/mol. The van der Waals surface area contributed by atoms with Crippen molar-refractivity contribution in [2.75, 3.05) is 6.61 Å². The van der Waals surface area contributed by atoms with Crippen molar-refractivity contribution in [2.45, 2.75) is 35.7 Å². The predicted molar refractivity (Wildman–Crippen MR) is 93.7 cm³/mol. The van der Waals surface area contributed by atoms with Crippen molar-refractivity contribution in [3.8, 4) is 5.75 Å². The maximum absolute atomic E-state index is 12.9. The number of rotatable bonds is 7. The minimum absolute atomic E-state index is 0. The largest absolute Gasteiger partial charge is 1.00 e. The first-order valence-electron chi connectivity index (χ1n) is 8.32. The van der Waals surface area contributed by atoms with E-state index in [1.165, 1.54) is 13.8 Å². The third kappa shape index (κ3) is 3.50. The molecule has 0 aromatic heterocycles. The van der Waals surface area contributed by atoms with Gasteiger partial charge in [-0.3, -0.25) is 19.3 Å². The first-order chi connectivity index (χ1) is 13.2. The van der Waals surface area contributed by atoms with E-state index >= 15 is 0 Å². The number of benzene rings is 1. The summed E-state index contributed by atoms with van der Waals surface area (Å²) in [4.78, 5) is 48.5. The Morgan fingerprint density at radius 3 is 2.48 bits per heavy atom. The summed E-state index contributed by atoms with van der Waals surface area (Å²) in [6.07, 6.45) is 0.273. The van der Waals surface area contributed by atoms with Crippen LogP contribution in [0.1, 0.15) is 13.8 Å². The van der Waals surface area contributed by atoms with Crippen molar-refractivity contribution in [2.24, 2.45) is 0 Å². The van der Waals surface area contributed by atoms with Gasteiger partial charge in [0.1, 0.15) is 5.75 Å². The van der Waals surface area contributed by atoms with Crippen molar-refractivity contribution < 1.29 is 63.1 Å². The number of nitrogens with one attached hydrogen (secondary N) is 2.